The first-order chi connectivity index (χ1) is 12.3. The summed E-state index contributed by atoms with van der Waals surface area (Å²) >= 11 is 1.54. The van der Waals surface area contributed by atoms with Crippen LogP contribution >= 0.6 is 11.8 Å². The predicted molar refractivity (Wildman–Crippen MR) is 102 cm³/mol. The van der Waals surface area contributed by atoms with Crippen LogP contribution in [0.3, 0.4) is 0 Å². The van der Waals surface area contributed by atoms with Crippen LogP contribution in [0.15, 0.2) is 18.2 Å². The van der Waals surface area contributed by atoms with E-state index in [1.54, 1.807) is 4.90 Å². The van der Waals surface area contributed by atoms with Crippen molar-refractivity contribution in [2.75, 3.05) is 30.6 Å². The van der Waals surface area contributed by atoms with Crippen molar-refractivity contribution in [3.63, 3.8) is 0 Å². The Hall–Kier alpha value is -1.41. The van der Waals surface area contributed by atoms with Gasteiger partial charge in [0.05, 0.1) is 17.3 Å². The van der Waals surface area contributed by atoms with Crippen LogP contribution in [-0.4, -0.2) is 55.9 Å². The molecule has 26 heavy (non-hydrogen) atoms. The van der Waals surface area contributed by atoms with Gasteiger partial charge in [-0.05, 0) is 30.0 Å². The molecule has 2 aliphatic rings. The summed E-state index contributed by atoms with van der Waals surface area (Å²) in [5.41, 5.74) is 1.07. The molecule has 0 aliphatic carbocycles. The van der Waals surface area contributed by atoms with Crippen molar-refractivity contribution in [2.24, 2.45) is 5.92 Å². The van der Waals surface area contributed by atoms with Crippen molar-refractivity contribution in [1.29, 1.82) is 0 Å². The number of hydrogen-bond acceptors (Lipinski definition) is 6. The summed E-state index contributed by atoms with van der Waals surface area (Å²) in [4.78, 5) is 14.5. The minimum atomic E-state index is -3.01. The second-order valence-electron chi connectivity index (χ2n) is 7.18. The van der Waals surface area contributed by atoms with E-state index in [0.717, 1.165) is 17.1 Å². The van der Waals surface area contributed by atoms with E-state index in [0.29, 0.717) is 30.4 Å². The molecule has 1 atom stereocenters. The summed E-state index contributed by atoms with van der Waals surface area (Å²) in [6.45, 7) is 4.94. The molecule has 144 valence electrons. The topological polar surface area (TPSA) is 72.9 Å². The van der Waals surface area contributed by atoms with E-state index in [4.69, 9.17) is 9.47 Å². The zero-order valence-corrected chi connectivity index (χ0v) is 16.8. The van der Waals surface area contributed by atoms with E-state index in [-0.39, 0.29) is 30.2 Å². The molecule has 0 spiro atoms. The van der Waals surface area contributed by atoms with Crippen molar-refractivity contribution in [3.05, 3.63) is 23.8 Å². The Morgan fingerprint density at radius 1 is 1.31 bits per heavy atom. The Morgan fingerprint density at radius 2 is 2.08 bits per heavy atom. The molecule has 1 amide bonds. The van der Waals surface area contributed by atoms with E-state index >= 15 is 0 Å². The Bertz CT molecular complexity index is 763. The highest BCUT2D eigenvalue weighted by molar-refractivity contribution is 7.99. The van der Waals surface area contributed by atoms with Crippen LogP contribution < -0.4 is 9.47 Å². The number of fused-ring (bicyclic) bond motifs is 1. The lowest BCUT2D eigenvalue weighted by atomic mass is 10.1. The fourth-order valence-electron chi connectivity index (χ4n) is 3.24. The van der Waals surface area contributed by atoms with Crippen LogP contribution in [-0.2, 0) is 20.4 Å². The van der Waals surface area contributed by atoms with E-state index in [1.807, 2.05) is 32.0 Å². The molecule has 1 saturated heterocycles. The van der Waals surface area contributed by atoms with Gasteiger partial charge in [-0.1, -0.05) is 19.9 Å². The van der Waals surface area contributed by atoms with Gasteiger partial charge in [0.2, 0.25) is 12.7 Å². The first-order valence-corrected chi connectivity index (χ1v) is 11.8. The van der Waals surface area contributed by atoms with Gasteiger partial charge in [0.15, 0.2) is 21.3 Å². The smallest absolute Gasteiger partial charge is 0.232 e. The summed E-state index contributed by atoms with van der Waals surface area (Å²) in [7, 11) is -3.01. The van der Waals surface area contributed by atoms with Gasteiger partial charge in [0.25, 0.3) is 0 Å². The summed E-state index contributed by atoms with van der Waals surface area (Å²) in [6, 6.07) is 5.62. The van der Waals surface area contributed by atoms with Gasteiger partial charge < -0.3 is 14.4 Å². The van der Waals surface area contributed by atoms with Crippen molar-refractivity contribution in [3.8, 4) is 11.5 Å². The summed E-state index contributed by atoms with van der Waals surface area (Å²) in [5, 5.41) is 0. The predicted octanol–water partition coefficient (Wildman–Crippen LogP) is 2.32. The van der Waals surface area contributed by atoms with Crippen molar-refractivity contribution in [1.82, 2.24) is 4.90 Å². The average molecular weight is 400 g/mol. The van der Waals surface area contributed by atoms with Crippen LogP contribution in [0.4, 0.5) is 0 Å². The van der Waals surface area contributed by atoms with E-state index in [9.17, 15) is 13.2 Å². The fourth-order valence-corrected chi connectivity index (χ4v) is 5.83. The molecular formula is C18H25NO5S2. The molecule has 0 saturated carbocycles. The number of hydrogen-bond donors (Lipinski definition) is 0. The Balaban J connectivity index is 1.55. The van der Waals surface area contributed by atoms with Gasteiger partial charge in [-0.15, -0.1) is 11.8 Å². The number of carbonyl (C=O) groups is 1. The molecule has 1 aromatic rings. The minimum Gasteiger partial charge on any atom is -0.454 e. The maximum Gasteiger partial charge on any atom is 0.232 e. The normalized spacial score (nSPS) is 20.5. The Kier molecular flexibility index (Phi) is 6.02. The molecule has 1 fully saturated rings. The summed E-state index contributed by atoms with van der Waals surface area (Å²) in [6.07, 6.45) is 0.549. The fraction of sp³-hybridized carbons (Fsp3) is 0.611. The Labute approximate surface area is 159 Å². The lowest BCUT2D eigenvalue weighted by Gasteiger charge is -2.30. The van der Waals surface area contributed by atoms with E-state index < -0.39 is 9.84 Å². The third-order valence-corrected chi connectivity index (χ3v) is 7.20. The molecule has 0 bridgehead atoms. The second kappa shape index (κ2) is 8.08. The molecule has 2 aliphatic heterocycles. The standard InChI is InChI=1S/C18H25NO5S2/c1-13(2)8-19(15-5-6-26(21,22)11-15)18(20)10-25-9-14-3-4-16-17(7-14)24-12-23-16/h3-4,7,13,15H,5-6,8-12H2,1-2H3/t15-/m0/s1. The zero-order valence-electron chi connectivity index (χ0n) is 15.1. The molecular weight excluding hydrogens is 374 g/mol. The molecule has 0 radical (unpaired) electrons. The average Bonchev–Trinajstić information content (AvgIpc) is 3.17. The van der Waals surface area contributed by atoms with Crippen molar-refractivity contribution < 1.29 is 22.7 Å². The second-order valence-corrected chi connectivity index (χ2v) is 10.4. The lowest BCUT2D eigenvalue weighted by Crippen LogP contribution is -2.44. The third-order valence-electron chi connectivity index (χ3n) is 4.46. The lowest BCUT2D eigenvalue weighted by molar-refractivity contribution is -0.130. The molecule has 0 aromatic heterocycles. The Morgan fingerprint density at radius 3 is 2.77 bits per heavy atom. The van der Waals surface area contributed by atoms with Crippen LogP contribution in [0.25, 0.3) is 0 Å². The number of sulfone groups is 1. The van der Waals surface area contributed by atoms with E-state index in [2.05, 4.69) is 0 Å². The van der Waals surface area contributed by atoms with Crippen LogP contribution in [0.1, 0.15) is 25.8 Å². The van der Waals surface area contributed by atoms with Crippen molar-refractivity contribution >= 4 is 27.5 Å². The number of benzene rings is 1. The number of amides is 1. The first kappa shape index (κ1) is 19.4. The van der Waals surface area contributed by atoms with Gasteiger partial charge in [-0.3, -0.25) is 4.79 Å². The maximum atomic E-state index is 12.7. The third kappa shape index (κ3) is 4.85. The number of rotatable bonds is 7. The van der Waals surface area contributed by atoms with Gasteiger partial charge in [-0.2, -0.15) is 0 Å². The molecule has 3 rings (SSSR count). The van der Waals surface area contributed by atoms with Crippen LogP contribution in [0.2, 0.25) is 0 Å². The number of thioether (sulfide) groups is 1. The molecule has 8 heteroatoms. The van der Waals surface area contributed by atoms with Gasteiger partial charge >= 0.3 is 0 Å². The highest BCUT2D eigenvalue weighted by Crippen LogP contribution is 2.33. The summed E-state index contributed by atoms with van der Waals surface area (Å²) < 4.78 is 34.2. The zero-order chi connectivity index (χ0) is 18.7. The van der Waals surface area contributed by atoms with Crippen LogP contribution in [0.5, 0.6) is 11.5 Å². The number of nitrogens with zero attached hydrogens (tertiary/aromatic N) is 1. The van der Waals surface area contributed by atoms with Gasteiger partial charge in [0, 0.05) is 18.3 Å². The highest BCUT2D eigenvalue weighted by atomic mass is 32.2. The summed E-state index contributed by atoms with van der Waals surface area (Å²) in [5.74, 6) is 3.14. The first-order valence-electron chi connectivity index (χ1n) is 8.80. The molecule has 0 N–H and O–H groups in total. The minimum absolute atomic E-state index is 0.0199. The molecule has 0 unspecified atom stereocenters. The SMILES string of the molecule is CC(C)CN(C(=O)CSCc1ccc2c(c1)OCO2)[C@H]1CCS(=O)(=O)C1. The molecule has 6 nitrogen and oxygen atoms in total. The molecule has 2 heterocycles. The largest absolute Gasteiger partial charge is 0.454 e. The number of ether oxygens (including phenoxy) is 2. The van der Waals surface area contributed by atoms with Gasteiger partial charge in [-0.25, -0.2) is 8.42 Å². The van der Waals surface area contributed by atoms with Crippen molar-refractivity contribution in [2.45, 2.75) is 32.1 Å². The highest BCUT2D eigenvalue weighted by Gasteiger charge is 2.34. The molecule has 1 aromatic carbocycles. The monoisotopic (exact) mass is 399 g/mol. The van der Waals surface area contributed by atoms with Gasteiger partial charge in [0.1, 0.15) is 0 Å². The quantitative estimate of drug-likeness (QED) is 0.701. The van der Waals surface area contributed by atoms with Crippen LogP contribution in [0, 0.1) is 5.92 Å². The maximum absolute atomic E-state index is 12.7. The number of carbonyl (C=O) groups excluding carboxylic acids is 1. The van der Waals surface area contributed by atoms with E-state index in [1.165, 1.54) is 11.8 Å².